The molecule has 0 bridgehead atoms. The molecule has 1 atom stereocenters. The van der Waals surface area contributed by atoms with Crippen LogP contribution in [0.15, 0.2) is 30.0 Å². The molecular weight excluding hydrogens is 266 g/mol. The first-order valence-electron chi connectivity index (χ1n) is 6.08. The Kier molecular flexibility index (Phi) is 3.48. The van der Waals surface area contributed by atoms with Gasteiger partial charge in [-0.2, -0.15) is 0 Å². The van der Waals surface area contributed by atoms with Crippen molar-refractivity contribution in [2.45, 2.75) is 18.8 Å². The fraction of sp³-hybridized carbons (Fsp3) is 0.385. The fourth-order valence-electron chi connectivity index (χ4n) is 2.46. The third-order valence-electron chi connectivity index (χ3n) is 3.31. The number of aromatic nitrogens is 2. The molecule has 0 N–H and O–H groups in total. The van der Waals surface area contributed by atoms with Gasteiger partial charge in [0.1, 0.15) is 0 Å². The quantitative estimate of drug-likeness (QED) is 0.841. The lowest BCUT2D eigenvalue weighted by molar-refractivity contribution is 0.508. The molecule has 18 heavy (non-hydrogen) atoms. The molecule has 1 aliphatic rings. The van der Waals surface area contributed by atoms with E-state index in [0.29, 0.717) is 5.92 Å². The van der Waals surface area contributed by atoms with Crippen molar-refractivity contribution < 1.29 is 0 Å². The van der Waals surface area contributed by atoms with Crippen LogP contribution in [-0.2, 0) is 0 Å². The lowest BCUT2D eigenvalue weighted by atomic mass is 9.98. The molecule has 0 amide bonds. The molecule has 2 aromatic heterocycles. The SMILES string of the molecule is Clc1cnccc1N1CCCC(c2nccs2)C1. The first-order chi connectivity index (χ1) is 8.84. The van der Waals surface area contributed by atoms with Crippen LogP contribution in [0.25, 0.3) is 0 Å². The van der Waals surface area contributed by atoms with E-state index >= 15 is 0 Å². The molecule has 0 saturated carbocycles. The van der Waals surface area contributed by atoms with Gasteiger partial charge in [0.2, 0.25) is 0 Å². The number of pyridine rings is 1. The molecule has 1 aliphatic heterocycles. The van der Waals surface area contributed by atoms with Gasteiger partial charge in [-0.15, -0.1) is 11.3 Å². The second kappa shape index (κ2) is 5.24. The molecule has 1 fully saturated rings. The molecule has 1 unspecified atom stereocenters. The molecule has 0 aromatic carbocycles. The number of anilines is 1. The summed E-state index contributed by atoms with van der Waals surface area (Å²) in [7, 11) is 0. The van der Waals surface area contributed by atoms with Gasteiger partial charge < -0.3 is 4.90 Å². The third-order valence-corrected chi connectivity index (χ3v) is 4.54. The number of hydrogen-bond donors (Lipinski definition) is 0. The molecule has 94 valence electrons. The second-order valence-corrected chi connectivity index (χ2v) is 5.82. The van der Waals surface area contributed by atoms with Gasteiger partial charge in [-0.1, -0.05) is 11.6 Å². The third kappa shape index (κ3) is 2.35. The lowest BCUT2D eigenvalue weighted by Crippen LogP contribution is -2.34. The summed E-state index contributed by atoms with van der Waals surface area (Å²) in [6.07, 6.45) is 7.80. The number of hydrogen-bond acceptors (Lipinski definition) is 4. The number of thiazole rings is 1. The summed E-state index contributed by atoms with van der Waals surface area (Å²) in [6.45, 7) is 2.06. The summed E-state index contributed by atoms with van der Waals surface area (Å²) in [5.41, 5.74) is 1.09. The van der Waals surface area contributed by atoms with Gasteiger partial charge in [0.15, 0.2) is 0 Å². The van der Waals surface area contributed by atoms with E-state index in [2.05, 4.69) is 14.9 Å². The lowest BCUT2D eigenvalue weighted by Gasteiger charge is -2.33. The zero-order valence-electron chi connectivity index (χ0n) is 9.92. The molecule has 3 nitrogen and oxygen atoms in total. The predicted molar refractivity (Wildman–Crippen MR) is 75.5 cm³/mol. The van der Waals surface area contributed by atoms with Crippen molar-refractivity contribution >= 4 is 28.6 Å². The highest BCUT2D eigenvalue weighted by Gasteiger charge is 2.24. The molecule has 5 heteroatoms. The van der Waals surface area contributed by atoms with Crippen molar-refractivity contribution in [2.75, 3.05) is 18.0 Å². The molecule has 0 radical (unpaired) electrons. The highest BCUT2D eigenvalue weighted by Crippen LogP contribution is 2.33. The van der Waals surface area contributed by atoms with Crippen LogP contribution in [0.2, 0.25) is 5.02 Å². The standard InChI is InChI=1S/C13H14ClN3S/c14-11-8-15-4-3-12(11)17-6-1-2-10(9-17)13-16-5-7-18-13/h3-5,7-8,10H,1-2,6,9H2. The van der Waals surface area contributed by atoms with Crippen molar-refractivity contribution in [3.63, 3.8) is 0 Å². The summed E-state index contributed by atoms with van der Waals surface area (Å²) in [5.74, 6) is 0.531. The zero-order chi connectivity index (χ0) is 12.4. The van der Waals surface area contributed by atoms with Crippen LogP contribution < -0.4 is 4.90 Å². The van der Waals surface area contributed by atoms with Crippen molar-refractivity contribution in [2.24, 2.45) is 0 Å². The van der Waals surface area contributed by atoms with Crippen molar-refractivity contribution in [3.05, 3.63) is 40.1 Å². The van der Waals surface area contributed by atoms with E-state index in [1.807, 2.05) is 17.6 Å². The fourth-order valence-corrected chi connectivity index (χ4v) is 3.46. The Hall–Kier alpha value is -1.13. The average molecular weight is 280 g/mol. The minimum atomic E-state index is 0.531. The Balaban J connectivity index is 1.81. The van der Waals surface area contributed by atoms with Crippen LogP contribution in [0.1, 0.15) is 23.8 Å². The Morgan fingerprint density at radius 3 is 3.11 bits per heavy atom. The molecule has 2 aromatic rings. The summed E-state index contributed by atoms with van der Waals surface area (Å²) < 4.78 is 0. The summed E-state index contributed by atoms with van der Waals surface area (Å²) in [6, 6.07) is 1.99. The minimum Gasteiger partial charge on any atom is -0.370 e. The number of piperidine rings is 1. The van der Waals surface area contributed by atoms with E-state index in [1.165, 1.54) is 17.8 Å². The molecule has 3 heterocycles. The maximum Gasteiger partial charge on any atom is 0.0973 e. The Bertz CT molecular complexity index is 515. The van der Waals surface area contributed by atoms with E-state index in [-0.39, 0.29) is 0 Å². The van der Waals surface area contributed by atoms with E-state index < -0.39 is 0 Å². The second-order valence-electron chi connectivity index (χ2n) is 4.48. The number of nitrogens with zero attached hydrogens (tertiary/aromatic N) is 3. The van der Waals surface area contributed by atoms with Crippen LogP contribution in [0, 0.1) is 0 Å². The maximum absolute atomic E-state index is 6.21. The monoisotopic (exact) mass is 279 g/mol. The van der Waals surface area contributed by atoms with Crippen molar-refractivity contribution in [1.29, 1.82) is 0 Å². The van der Waals surface area contributed by atoms with Gasteiger partial charge in [0.25, 0.3) is 0 Å². The summed E-state index contributed by atoms with van der Waals surface area (Å²) in [4.78, 5) is 10.8. The highest BCUT2D eigenvalue weighted by molar-refractivity contribution is 7.09. The van der Waals surface area contributed by atoms with E-state index in [9.17, 15) is 0 Å². The Labute approximate surface area is 115 Å². The Morgan fingerprint density at radius 2 is 2.33 bits per heavy atom. The van der Waals surface area contributed by atoms with Crippen LogP contribution in [-0.4, -0.2) is 23.1 Å². The van der Waals surface area contributed by atoms with Gasteiger partial charge in [-0.25, -0.2) is 4.98 Å². The van der Waals surface area contributed by atoms with Gasteiger partial charge in [-0.05, 0) is 18.9 Å². The van der Waals surface area contributed by atoms with Crippen molar-refractivity contribution in [3.8, 4) is 0 Å². The predicted octanol–water partition coefficient (Wildman–Crippen LogP) is 3.58. The van der Waals surface area contributed by atoms with Gasteiger partial charge >= 0.3 is 0 Å². The molecule has 3 rings (SSSR count). The van der Waals surface area contributed by atoms with Gasteiger partial charge in [-0.3, -0.25) is 4.98 Å². The highest BCUT2D eigenvalue weighted by atomic mass is 35.5. The van der Waals surface area contributed by atoms with Crippen LogP contribution >= 0.6 is 22.9 Å². The van der Waals surface area contributed by atoms with E-state index in [4.69, 9.17) is 11.6 Å². The van der Waals surface area contributed by atoms with Crippen molar-refractivity contribution in [1.82, 2.24) is 9.97 Å². The van der Waals surface area contributed by atoms with Gasteiger partial charge in [0.05, 0.1) is 15.7 Å². The molecule has 1 saturated heterocycles. The molecule has 0 aliphatic carbocycles. The largest absolute Gasteiger partial charge is 0.370 e. The van der Waals surface area contributed by atoms with E-state index in [0.717, 1.165) is 23.8 Å². The Morgan fingerprint density at radius 1 is 1.39 bits per heavy atom. The maximum atomic E-state index is 6.21. The first-order valence-corrected chi connectivity index (χ1v) is 7.34. The summed E-state index contributed by atoms with van der Waals surface area (Å²) >= 11 is 7.96. The molecule has 0 spiro atoms. The summed E-state index contributed by atoms with van der Waals surface area (Å²) in [5, 5.41) is 4.02. The van der Waals surface area contributed by atoms with Crippen LogP contribution in [0.5, 0.6) is 0 Å². The van der Waals surface area contributed by atoms with E-state index in [1.54, 1.807) is 23.7 Å². The van der Waals surface area contributed by atoms with Gasteiger partial charge in [0, 0.05) is 43.0 Å². The smallest absolute Gasteiger partial charge is 0.0973 e. The van der Waals surface area contributed by atoms with Crippen LogP contribution in [0.3, 0.4) is 0 Å². The zero-order valence-corrected chi connectivity index (χ0v) is 11.5. The number of halogens is 1. The van der Waals surface area contributed by atoms with Crippen LogP contribution in [0.4, 0.5) is 5.69 Å². The topological polar surface area (TPSA) is 29.0 Å². The minimum absolute atomic E-state index is 0.531. The normalized spacial score (nSPS) is 20.1. The average Bonchev–Trinajstić information content (AvgIpc) is 2.93. The first kappa shape index (κ1) is 11.9. The number of rotatable bonds is 2. The molecular formula is C13H14ClN3S.